The summed E-state index contributed by atoms with van der Waals surface area (Å²) in [4.78, 5) is 34.5. The molecule has 4 rings (SSSR count). The molecule has 2 N–H and O–H groups in total. The van der Waals surface area contributed by atoms with E-state index in [9.17, 15) is 9.59 Å². The highest BCUT2D eigenvalue weighted by Crippen LogP contribution is 2.27. The Morgan fingerprint density at radius 3 is 2.71 bits per heavy atom. The summed E-state index contributed by atoms with van der Waals surface area (Å²) < 4.78 is 5.97. The van der Waals surface area contributed by atoms with Crippen molar-refractivity contribution >= 4 is 23.3 Å². The Labute approximate surface area is 200 Å². The topological polar surface area (TPSA) is 95.0 Å². The van der Waals surface area contributed by atoms with Gasteiger partial charge < -0.3 is 25.0 Å². The average Bonchev–Trinajstić information content (AvgIpc) is 2.86. The molecule has 8 heteroatoms. The molecule has 1 fully saturated rings. The van der Waals surface area contributed by atoms with Crippen LogP contribution in [0.15, 0.2) is 42.5 Å². The summed E-state index contributed by atoms with van der Waals surface area (Å²) in [5.41, 5.74) is 1.11. The lowest BCUT2D eigenvalue weighted by atomic mass is 9.94. The van der Waals surface area contributed by atoms with E-state index in [2.05, 4.69) is 10.3 Å². The number of nitrogens with zero attached hydrogens (tertiary/aromatic N) is 3. The maximum Gasteiger partial charge on any atom is 0.273 e. The second-order valence-electron chi connectivity index (χ2n) is 9.00. The number of anilines is 2. The number of aliphatic hydroxyl groups excluding tert-OH is 1. The number of nitrogens with one attached hydrogen (secondary N) is 1. The van der Waals surface area contributed by atoms with Crippen LogP contribution in [0, 0.1) is 5.92 Å². The van der Waals surface area contributed by atoms with Gasteiger partial charge in [0.2, 0.25) is 5.91 Å². The number of benzene rings is 1. The van der Waals surface area contributed by atoms with Crippen LogP contribution in [-0.4, -0.2) is 71.1 Å². The molecule has 1 saturated heterocycles. The fourth-order valence-electron chi connectivity index (χ4n) is 4.55. The lowest BCUT2D eigenvalue weighted by molar-refractivity contribution is -0.133. The largest absolute Gasteiger partial charge is 0.491 e. The Morgan fingerprint density at radius 2 is 1.88 bits per heavy atom. The molecule has 2 aromatic rings. The summed E-state index contributed by atoms with van der Waals surface area (Å²) in [5.74, 6) is 1.53. The molecule has 34 heavy (non-hydrogen) atoms. The predicted octanol–water partition coefficient (Wildman–Crippen LogP) is 3.45. The smallest absolute Gasteiger partial charge is 0.273 e. The van der Waals surface area contributed by atoms with Crippen LogP contribution in [0.5, 0.6) is 5.75 Å². The molecule has 0 radical (unpaired) electrons. The number of carbonyl (C=O) groups is 2. The molecule has 2 amide bonds. The van der Waals surface area contributed by atoms with Crippen molar-refractivity contribution in [3.05, 3.63) is 48.2 Å². The van der Waals surface area contributed by atoms with Gasteiger partial charge in [0.25, 0.3) is 5.91 Å². The Morgan fingerprint density at radius 1 is 1.06 bits per heavy atom. The third-order valence-corrected chi connectivity index (χ3v) is 6.57. The average molecular weight is 467 g/mol. The Hall–Kier alpha value is -3.13. The predicted molar refractivity (Wildman–Crippen MR) is 130 cm³/mol. The van der Waals surface area contributed by atoms with Gasteiger partial charge in [0, 0.05) is 26.2 Å². The van der Waals surface area contributed by atoms with E-state index < -0.39 is 0 Å². The minimum absolute atomic E-state index is 0.0246. The van der Waals surface area contributed by atoms with Crippen molar-refractivity contribution in [3.63, 3.8) is 0 Å². The normalized spacial score (nSPS) is 17.9. The number of aliphatic hydroxyl groups is 1. The SMILES string of the molecule is O=C(CN1CCCCCOc2ccccc2Nc2cccc(n2)C1=O)N1CCC(CCO)CC1. The zero-order chi connectivity index (χ0) is 23.8. The number of amides is 2. The van der Waals surface area contributed by atoms with E-state index in [1.807, 2.05) is 35.2 Å². The summed E-state index contributed by atoms with van der Waals surface area (Å²) >= 11 is 0. The van der Waals surface area contributed by atoms with Gasteiger partial charge in [-0.25, -0.2) is 4.98 Å². The van der Waals surface area contributed by atoms with E-state index in [0.717, 1.165) is 50.0 Å². The highest BCUT2D eigenvalue weighted by Gasteiger charge is 2.26. The van der Waals surface area contributed by atoms with Crippen molar-refractivity contribution in [3.8, 4) is 5.75 Å². The molecule has 0 saturated carbocycles. The summed E-state index contributed by atoms with van der Waals surface area (Å²) in [7, 11) is 0. The molecular weight excluding hydrogens is 432 g/mol. The minimum Gasteiger partial charge on any atom is -0.491 e. The first-order valence-electron chi connectivity index (χ1n) is 12.3. The summed E-state index contributed by atoms with van der Waals surface area (Å²) in [6.07, 6.45) is 5.14. The van der Waals surface area contributed by atoms with Gasteiger partial charge in [-0.05, 0) is 68.7 Å². The fraction of sp³-hybridized carbons (Fsp3) is 0.500. The minimum atomic E-state index is -0.228. The number of fused-ring (bicyclic) bond motifs is 3. The number of piperidine rings is 1. The van der Waals surface area contributed by atoms with Crippen molar-refractivity contribution in [2.75, 3.05) is 44.7 Å². The Balaban J connectivity index is 1.48. The number of likely N-dealkylation sites (tertiary alicyclic amines) is 1. The summed E-state index contributed by atoms with van der Waals surface area (Å²) in [6, 6.07) is 13.0. The zero-order valence-electron chi connectivity index (χ0n) is 19.6. The van der Waals surface area contributed by atoms with E-state index in [0.29, 0.717) is 43.7 Å². The molecule has 1 aromatic carbocycles. The van der Waals surface area contributed by atoms with Crippen LogP contribution >= 0.6 is 0 Å². The molecule has 2 aliphatic rings. The van der Waals surface area contributed by atoms with Gasteiger partial charge in [0.1, 0.15) is 23.8 Å². The van der Waals surface area contributed by atoms with Gasteiger partial charge in [0.05, 0.1) is 12.3 Å². The van der Waals surface area contributed by atoms with Gasteiger partial charge in [-0.15, -0.1) is 0 Å². The van der Waals surface area contributed by atoms with E-state index in [4.69, 9.17) is 9.84 Å². The Kier molecular flexibility index (Phi) is 8.36. The molecule has 0 spiro atoms. The molecule has 1 aromatic heterocycles. The molecule has 0 atom stereocenters. The number of rotatable bonds is 4. The molecule has 2 bridgehead atoms. The van der Waals surface area contributed by atoms with Crippen molar-refractivity contribution in [1.82, 2.24) is 14.8 Å². The van der Waals surface area contributed by atoms with Crippen LogP contribution in [0.2, 0.25) is 0 Å². The molecule has 8 nitrogen and oxygen atoms in total. The lowest BCUT2D eigenvalue weighted by Gasteiger charge is -2.33. The third-order valence-electron chi connectivity index (χ3n) is 6.57. The van der Waals surface area contributed by atoms with Crippen molar-refractivity contribution < 1.29 is 19.4 Å². The number of ether oxygens (including phenoxy) is 1. The van der Waals surface area contributed by atoms with Crippen LogP contribution in [0.3, 0.4) is 0 Å². The molecule has 2 aliphatic heterocycles. The number of hydrogen-bond donors (Lipinski definition) is 2. The first kappa shape index (κ1) is 24.0. The van der Waals surface area contributed by atoms with Crippen LogP contribution in [0.1, 0.15) is 49.0 Å². The number of para-hydroxylation sites is 2. The quantitative estimate of drug-likeness (QED) is 0.717. The summed E-state index contributed by atoms with van der Waals surface area (Å²) in [5, 5.41) is 12.4. The molecular formula is C26H34N4O4. The maximum atomic E-state index is 13.4. The van der Waals surface area contributed by atoms with E-state index >= 15 is 0 Å². The van der Waals surface area contributed by atoms with Crippen LogP contribution in [0.4, 0.5) is 11.5 Å². The second kappa shape index (κ2) is 11.8. The fourth-order valence-corrected chi connectivity index (χ4v) is 4.55. The van der Waals surface area contributed by atoms with Gasteiger partial charge in [-0.1, -0.05) is 18.2 Å². The number of aromatic nitrogens is 1. The highest BCUT2D eigenvalue weighted by molar-refractivity contribution is 5.95. The monoisotopic (exact) mass is 466 g/mol. The zero-order valence-corrected chi connectivity index (χ0v) is 19.6. The van der Waals surface area contributed by atoms with E-state index in [1.54, 1.807) is 17.0 Å². The second-order valence-corrected chi connectivity index (χ2v) is 9.00. The Bertz CT molecular complexity index is 975. The third kappa shape index (κ3) is 6.26. The van der Waals surface area contributed by atoms with Gasteiger partial charge in [-0.3, -0.25) is 9.59 Å². The van der Waals surface area contributed by atoms with Crippen molar-refractivity contribution in [1.29, 1.82) is 0 Å². The van der Waals surface area contributed by atoms with Crippen LogP contribution in [0.25, 0.3) is 0 Å². The number of hydrogen-bond acceptors (Lipinski definition) is 6. The van der Waals surface area contributed by atoms with Gasteiger partial charge >= 0.3 is 0 Å². The lowest BCUT2D eigenvalue weighted by Crippen LogP contribution is -2.46. The molecule has 3 heterocycles. The maximum absolute atomic E-state index is 13.4. The first-order chi connectivity index (χ1) is 16.6. The molecule has 0 aliphatic carbocycles. The summed E-state index contributed by atoms with van der Waals surface area (Å²) in [6.45, 7) is 2.70. The van der Waals surface area contributed by atoms with Gasteiger partial charge in [-0.2, -0.15) is 0 Å². The highest BCUT2D eigenvalue weighted by atomic mass is 16.5. The van der Waals surface area contributed by atoms with Crippen molar-refractivity contribution in [2.45, 2.75) is 38.5 Å². The molecule has 182 valence electrons. The van der Waals surface area contributed by atoms with Gasteiger partial charge in [0.15, 0.2) is 0 Å². The molecule has 0 unspecified atom stereocenters. The van der Waals surface area contributed by atoms with Crippen LogP contribution in [-0.2, 0) is 4.79 Å². The van der Waals surface area contributed by atoms with Crippen molar-refractivity contribution in [2.24, 2.45) is 5.92 Å². The first-order valence-corrected chi connectivity index (χ1v) is 12.3. The number of pyridine rings is 1. The number of carbonyl (C=O) groups excluding carboxylic acids is 2. The van der Waals surface area contributed by atoms with E-state index in [1.165, 1.54) is 0 Å². The van der Waals surface area contributed by atoms with E-state index in [-0.39, 0.29) is 25.0 Å². The van der Waals surface area contributed by atoms with Crippen LogP contribution < -0.4 is 10.1 Å². The standard InChI is InChI=1S/C26H34N4O4/c31-17-13-20-11-15-29(16-12-20)25(32)19-30-14-4-1-5-18-34-23-9-3-2-7-21(23)27-24-10-6-8-22(28-24)26(30)33/h2-3,6-10,20,31H,1,4-5,11-19H2,(H,27,28).